The number of aromatic nitrogens is 1. The fourth-order valence-electron chi connectivity index (χ4n) is 4.65. The van der Waals surface area contributed by atoms with Gasteiger partial charge in [-0.05, 0) is 55.2 Å². The number of amides is 3. The maximum absolute atomic E-state index is 13.6. The summed E-state index contributed by atoms with van der Waals surface area (Å²) in [5.74, 6) is -2.58. The Balaban J connectivity index is 1.68. The monoisotopic (exact) mass is 541 g/mol. The first-order valence-corrected chi connectivity index (χ1v) is 13.0. The van der Waals surface area contributed by atoms with Gasteiger partial charge in [-0.3, -0.25) is 29.6 Å². The van der Waals surface area contributed by atoms with E-state index in [4.69, 9.17) is 11.1 Å². The summed E-state index contributed by atoms with van der Waals surface area (Å²) in [7, 11) is 0. The highest BCUT2D eigenvalue weighted by molar-refractivity contribution is 6.01. The summed E-state index contributed by atoms with van der Waals surface area (Å²) in [5.41, 5.74) is 5.64. The van der Waals surface area contributed by atoms with Crippen LogP contribution in [0, 0.1) is 11.3 Å². The first-order valence-electron chi connectivity index (χ1n) is 13.0. The molecule has 1 saturated heterocycles. The van der Waals surface area contributed by atoms with E-state index in [1.165, 1.54) is 4.90 Å². The number of rotatable bonds is 12. The van der Waals surface area contributed by atoms with Gasteiger partial charge in [0.25, 0.3) is 5.91 Å². The lowest BCUT2D eigenvalue weighted by molar-refractivity contribution is -0.141. The lowest BCUT2D eigenvalue weighted by atomic mass is 10.0. The Morgan fingerprint density at radius 3 is 2.64 bits per heavy atom. The van der Waals surface area contributed by atoms with Gasteiger partial charge in [0.05, 0.1) is 6.04 Å². The van der Waals surface area contributed by atoms with Crippen molar-refractivity contribution in [1.29, 1.82) is 5.41 Å². The number of nitrogens with two attached hydrogens (primary N) is 1. The predicted molar refractivity (Wildman–Crippen MR) is 145 cm³/mol. The SMILES string of the molecule is CC(C)C(NC(=O)c1ccc2cnccc2c1)C(=O)N1CCC[C@H]1C(=O)N[C@@H](CCCNC(=N)N)C(=O)CF. The van der Waals surface area contributed by atoms with Gasteiger partial charge in [0, 0.05) is 36.4 Å². The quantitative estimate of drug-likeness (QED) is 0.153. The molecule has 0 bridgehead atoms. The molecule has 6 N–H and O–H groups in total. The predicted octanol–water partition coefficient (Wildman–Crippen LogP) is 1.27. The van der Waals surface area contributed by atoms with Gasteiger partial charge < -0.3 is 26.6 Å². The lowest BCUT2D eigenvalue weighted by Crippen LogP contribution is -2.56. The summed E-state index contributed by atoms with van der Waals surface area (Å²) in [6.45, 7) is 3.00. The van der Waals surface area contributed by atoms with E-state index in [0.717, 1.165) is 10.8 Å². The molecule has 1 aromatic carbocycles. The van der Waals surface area contributed by atoms with Crippen LogP contribution in [-0.4, -0.2) is 77.2 Å². The number of halogens is 1. The summed E-state index contributed by atoms with van der Waals surface area (Å²) in [6.07, 6.45) is 4.82. The van der Waals surface area contributed by atoms with Crippen molar-refractivity contribution < 1.29 is 23.6 Å². The van der Waals surface area contributed by atoms with Gasteiger partial charge >= 0.3 is 0 Å². The number of carbonyl (C=O) groups excluding carboxylic acids is 4. The van der Waals surface area contributed by atoms with E-state index in [1.807, 2.05) is 13.8 Å². The van der Waals surface area contributed by atoms with E-state index < -0.39 is 42.4 Å². The van der Waals surface area contributed by atoms with Crippen molar-refractivity contribution in [2.45, 2.75) is 57.7 Å². The Bertz CT molecular complexity index is 1220. The normalized spacial score (nSPS) is 16.5. The molecule has 3 amide bonds. The molecule has 0 spiro atoms. The second kappa shape index (κ2) is 13.6. The number of fused-ring (bicyclic) bond motifs is 1. The highest BCUT2D eigenvalue weighted by Gasteiger charge is 2.39. The van der Waals surface area contributed by atoms with Gasteiger partial charge in [-0.25, -0.2) is 4.39 Å². The molecule has 210 valence electrons. The third kappa shape index (κ3) is 7.71. The van der Waals surface area contributed by atoms with Crippen LogP contribution < -0.4 is 21.7 Å². The van der Waals surface area contributed by atoms with Crippen molar-refractivity contribution >= 4 is 40.2 Å². The zero-order valence-corrected chi connectivity index (χ0v) is 22.2. The number of pyridine rings is 1. The minimum atomic E-state index is -1.23. The van der Waals surface area contributed by atoms with Gasteiger partial charge in [-0.15, -0.1) is 0 Å². The molecule has 1 fully saturated rings. The average molecular weight is 542 g/mol. The van der Waals surface area contributed by atoms with Crippen molar-refractivity contribution in [3.63, 3.8) is 0 Å². The largest absolute Gasteiger partial charge is 0.370 e. The number of alkyl halides is 1. The number of guanidine groups is 1. The van der Waals surface area contributed by atoms with Crippen LogP contribution in [0.1, 0.15) is 49.9 Å². The summed E-state index contributed by atoms with van der Waals surface area (Å²) in [4.78, 5) is 57.5. The van der Waals surface area contributed by atoms with Crippen LogP contribution in [0.3, 0.4) is 0 Å². The second-order valence-electron chi connectivity index (χ2n) is 9.97. The second-order valence-corrected chi connectivity index (χ2v) is 9.97. The topological polar surface area (TPSA) is 170 Å². The van der Waals surface area contributed by atoms with Crippen LogP contribution in [0.25, 0.3) is 10.8 Å². The van der Waals surface area contributed by atoms with Crippen molar-refractivity contribution in [2.75, 3.05) is 19.8 Å². The Hall–Kier alpha value is -4.09. The lowest BCUT2D eigenvalue weighted by Gasteiger charge is -2.31. The van der Waals surface area contributed by atoms with Crippen LogP contribution in [-0.2, 0) is 14.4 Å². The third-order valence-corrected chi connectivity index (χ3v) is 6.78. The van der Waals surface area contributed by atoms with Crippen molar-refractivity contribution in [3.05, 3.63) is 42.2 Å². The molecule has 2 aromatic rings. The molecule has 1 unspecified atom stereocenters. The van der Waals surface area contributed by atoms with Gasteiger partial charge in [-0.1, -0.05) is 19.9 Å². The number of likely N-dealkylation sites (tertiary alicyclic amines) is 1. The minimum Gasteiger partial charge on any atom is -0.370 e. The smallest absolute Gasteiger partial charge is 0.251 e. The van der Waals surface area contributed by atoms with E-state index in [2.05, 4.69) is 20.9 Å². The molecular weight excluding hydrogens is 505 g/mol. The van der Waals surface area contributed by atoms with Gasteiger partial charge in [-0.2, -0.15) is 0 Å². The van der Waals surface area contributed by atoms with E-state index in [9.17, 15) is 23.6 Å². The molecule has 39 heavy (non-hydrogen) atoms. The summed E-state index contributed by atoms with van der Waals surface area (Å²) < 4.78 is 13.2. The van der Waals surface area contributed by atoms with Crippen molar-refractivity contribution in [2.24, 2.45) is 11.7 Å². The van der Waals surface area contributed by atoms with Crippen LogP contribution >= 0.6 is 0 Å². The Morgan fingerprint density at radius 2 is 1.95 bits per heavy atom. The van der Waals surface area contributed by atoms with Gasteiger partial charge in [0.2, 0.25) is 11.8 Å². The molecule has 1 aliphatic heterocycles. The number of ketones is 1. The van der Waals surface area contributed by atoms with Crippen LogP contribution in [0.5, 0.6) is 0 Å². The van der Waals surface area contributed by atoms with Gasteiger partial charge in [0.15, 0.2) is 11.7 Å². The number of Topliss-reactive ketones (excluding diaryl/α,β-unsaturated/α-hetero) is 1. The molecule has 12 heteroatoms. The van der Waals surface area contributed by atoms with E-state index >= 15 is 0 Å². The molecule has 0 saturated carbocycles. The highest BCUT2D eigenvalue weighted by atomic mass is 19.1. The van der Waals surface area contributed by atoms with Crippen LogP contribution in [0.2, 0.25) is 0 Å². The van der Waals surface area contributed by atoms with E-state index in [0.29, 0.717) is 37.9 Å². The molecular formula is C27H36FN7O4. The molecule has 11 nitrogen and oxygen atoms in total. The number of hydrogen-bond acceptors (Lipinski definition) is 6. The molecule has 1 aliphatic rings. The number of nitrogens with one attached hydrogen (secondary N) is 4. The molecule has 2 heterocycles. The average Bonchev–Trinajstić information content (AvgIpc) is 3.42. The maximum atomic E-state index is 13.6. The van der Waals surface area contributed by atoms with E-state index in [1.54, 1.807) is 36.7 Å². The van der Waals surface area contributed by atoms with Crippen LogP contribution in [0.15, 0.2) is 36.7 Å². The zero-order valence-electron chi connectivity index (χ0n) is 22.2. The minimum absolute atomic E-state index is 0.155. The van der Waals surface area contributed by atoms with Gasteiger partial charge in [0.1, 0.15) is 18.8 Å². The number of carbonyl (C=O) groups is 4. The number of hydrogen-bond donors (Lipinski definition) is 5. The summed E-state index contributed by atoms with van der Waals surface area (Å²) >= 11 is 0. The fraction of sp³-hybridized carbons (Fsp3) is 0.481. The molecule has 1 aromatic heterocycles. The molecule has 0 aliphatic carbocycles. The first kappa shape index (κ1) is 29.5. The fourth-order valence-corrected chi connectivity index (χ4v) is 4.65. The van der Waals surface area contributed by atoms with E-state index in [-0.39, 0.29) is 24.2 Å². The molecule has 3 atom stereocenters. The summed E-state index contributed by atoms with van der Waals surface area (Å²) in [5, 5.41) is 16.9. The van der Waals surface area contributed by atoms with Crippen molar-refractivity contribution in [3.8, 4) is 0 Å². The maximum Gasteiger partial charge on any atom is 0.251 e. The number of benzene rings is 1. The zero-order chi connectivity index (χ0) is 28.5. The summed E-state index contributed by atoms with van der Waals surface area (Å²) in [6, 6.07) is 4.21. The highest BCUT2D eigenvalue weighted by Crippen LogP contribution is 2.22. The third-order valence-electron chi connectivity index (χ3n) is 6.78. The standard InChI is InChI=1S/C27H36FN7O4/c1-16(2)23(34-24(37)18-7-8-19-15-31-11-9-17(19)13-18)26(39)35-12-4-6-21(35)25(38)33-20(22(36)14-28)5-3-10-32-27(29)30/h7-9,11,13,15-16,20-21,23H,3-6,10,12,14H2,1-2H3,(H,33,38)(H,34,37)(H4,29,30,32)/t20-,21-,23?/m0/s1. The molecule has 3 rings (SSSR count). The Kier molecular flexibility index (Phi) is 10.3. The van der Waals surface area contributed by atoms with Crippen molar-refractivity contribution in [1.82, 2.24) is 25.8 Å². The van der Waals surface area contributed by atoms with Crippen LogP contribution in [0.4, 0.5) is 4.39 Å². The number of nitrogens with zero attached hydrogens (tertiary/aromatic N) is 2. The first-order chi connectivity index (χ1) is 18.6. The molecule has 0 radical (unpaired) electrons. The Labute approximate surface area is 226 Å². The Morgan fingerprint density at radius 1 is 1.18 bits per heavy atom.